The van der Waals surface area contributed by atoms with Crippen LogP contribution in [0.25, 0.3) is 11.1 Å². The summed E-state index contributed by atoms with van der Waals surface area (Å²) in [5.74, 6) is -0.343. The first-order valence-electron chi connectivity index (χ1n) is 15.4. The lowest BCUT2D eigenvalue weighted by atomic mass is 9.83. The molecule has 5 aromatic rings. The number of carbonyl (C=O) groups is 1. The van der Waals surface area contributed by atoms with E-state index in [9.17, 15) is 18.5 Å². The van der Waals surface area contributed by atoms with Gasteiger partial charge in [0.2, 0.25) is 5.91 Å². The van der Waals surface area contributed by atoms with Crippen LogP contribution in [0.1, 0.15) is 29.7 Å². The Labute approximate surface area is 290 Å². The average molecular weight is 700 g/mol. The van der Waals surface area contributed by atoms with E-state index in [1.165, 1.54) is 3.97 Å². The monoisotopic (exact) mass is 698 g/mol. The van der Waals surface area contributed by atoms with Crippen LogP contribution in [0.5, 0.6) is 0 Å². The van der Waals surface area contributed by atoms with Gasteiger partial charge in [-0.3, -0.25) is 9.69 Å². The molecule has 1 saturated heterocycles. The smallest absolute Gasteiger partial charge is 0.267 e. The summed E-state index contributed by atoms with van der Waals surface area (Å²) >= 11 is 12.2. The van der Waals surface area contributed by atoms with Gasteiger partial charge in [0.1, 0.15) is 6.61 Å². The third-order valence-electron chi connectivity index (χ3n) is 8.50. The highest BCUT2D eigenvalue weighted by atomic mass is 35.5. The Kier molecular flexibility index (Phi) is 10.0. The van der Waals surface area contributed by atoms with E-state index in [-0.39, 0.29) is 17.4 Å². The van der Waals surface area contributed by atoms with Gasteiger partial charge in [0.05, 0.1) is 22.1 Å². The molecule has 0 radical (unpaired) electrons. The Hall–Kier alpha value is -4.43. The molecule has 0 atom stereocenters. The van der Waals surface area contributed by atoms with E-state index < -0.39 is 15.6 Å². The summed E-state index contributed by atoms with van der Waals surface area (Å²) in [4.78, 5) is 15.5. The van der Waals surface area contributed by atoms with Gasteiger partial charge in [0, 0.05) is 47.3 Å². The minimum absolute atomic E-state index is 0.200. The number of hydrogen-bond acceptors (Lipinski definition) is 6. The van der Waals surface area contributed by atoms with Crippen molar-refractivity contribution in [3.63, 3.8) is 0 Å². The standard InChI is InChI=1S/C37H32Cl2N4O4S/c38-31-21-32(39)23-33(22-31)41-36(44)26-47-37(30-13-11-28(12-14-30)29-7-4-6-27(20-29)24-40)15-18-42(19-16-37)25-34-8-5-17-43(34)48(45,46)35-9-2-1-3-10-35/h1-14,17,20-23H,15-16,18-19,25-26H2,(H,41,44). The van der Waals surface area contributed by atoms with E-state index in [2.05, 4.69) is 16.3 Å². The maximum atomic E-state index is 13.4. The van der Waals surface area contributed by atoms with Crippen molar-refractivity contribution in [2.45, 2.75) is 29.9 Å². The molecule has 0 aliphatic carbocycles. The zero-order valence-electron chi connectivity index (χ0n) is 25.9. The van der Waals surface area contributed by atoms with Crippen LogP contribution in [0, 0.1) is 11.3 Å². The van der Waals surface area contributed by atoms with E-state index in [4.69, 9.17) is 27.9 Å². The van der Waals surface area contributed by atoms with Gasteiger partial charge in [-0.05, 0) is 84.1 Å². The van der Waals surface area contributed by atoms with Gasteiger partial charge in [-0.1, -0.05) is 77.8 Å². The number of rotatable bonds is 10. The molecular weight excluding hydrogens is 667 g/mol. The number of hydrogen-bond donors (Lipinski definition) is 1. The van der Waals surface area contributed by atoms with Crippen molar-refractivity contribution in [2.75, 3.05) is 25.0 Å². The number of piperidine rings is 1. The number of halogens is 2. The molecule has 8 nitrogen and oxygen atoms in total. The van der Waals surface area contributed by atoms with Crippen LogP contribution in [0.2, 0.25) is 10.0 Å². The lowest BCUT2D eigenvalue weighted by Crippen LogP contribution is -2.45. The molecule has 1 amide bonds. The summed E-state index contributed by atoms with van der Waals surface area (Å²) in [6, 6.07) is 34.4. The lowest BCUT2D eigenvalue weighted by molar-refractivity contribution is -0.135. The van der Waals surface area contributed by atoms with Gasteiger partial charge in [0.25, 0.3) is 10.0 Å². The van der Waals surface area contributed by atoms with Crippen LogP contribution < -0.4 is 5.32 Å². The quantitative estimate of drug-likeness (QED) is 0.160. The number of ether oxygens (including phenoxy) is 1. The normalized spacial score (nSPS) is 14.7. The topological polar surface area (TPSA) is 104 Å². The van der Waals surface area contributed by atoms with E-state index in [0.717, 1.165) is 16.7 Å². The number of benzene rings is 4. The number of carbonyl (C=O) groups excluding carboxylic acids is 1. The molecule has 4 aromatic carbocycles. The van der Waals surface area contributed by atoms with Crippen molar-refractivity contribution in [1.29, 1.82) is 5.26 Å². The molecule has 0 unspecified atom stereocenters. The molecule has 1 aliphatic heterocycles. The van der Waals surface area contributed by atoms with Gasteiger partial charge >= 0.3 is 0 Å². The first-order valence-corrected chi connectivity index (χ1v) is 17.6. The van der Waals surface area contributed by atoms with Crippen molar-refractivity contribution in [2.24, 2.45) is 0 Å². The molecule has 1 fully saturated rings. The fourth-order valence-corrected chi connectivity index (χ4v) is 7.96. The predicted molar refractivity (Wildman–Crippen MR) is 187 cm³/mol. The van der Waals surface area contributed by atoms with Crippen molar-refractivity contribution in [3.8, 4) is 17.2 Å². The minimum Gasteiger partial charge on any atom is -0.360 e. The van der Waals surface area contributed by atoms with Gasteiger partial charge < -0.3 is 10.1 Å². The Balaban J connectivity index is 1.21. The SMILES string of the molecule is N#Cc1cccc(-c2ccc(C3(OCC(=O)Nc4cc(Cl)cc(Cl)c4)CCN(Cc4cccn4S(=O)(=O)c4ccccc4)CC3)cc2)c1. The maximum absolute atomic E-state index is 13.4. The Morgan fingerprint density at radius 2 is 1.56 bits per heavy atom. The largest absolute Gasteiger partial charge is 0.360 e. The third kappa shape index (κ3) is 7.49. The van der Waals surface area contributed by atoms with E-state index >= 15 is 0 Å². The molecule has 2 heterocycles. The number of amides is 1. The van der Waals surface area contributed by atoms with Crippen LogP contribution in [0.15, 0.2) is 120 Å². The summed E-state index contributed by atoms with van der Waals surface area (Å²) in [6.45, 7) is 1.44. The first kappa shape index (κ1) is 33.5. The van der Waals surface area contributed by atoms with Gasteiger partial charge in [-0.15, -0.1) is 0 Å². The summed E-state index contributed by atoms with van der Waals surface area (Å²) in [6.07, 6.45) is 2.71. The number of aromatic nitrogens is 1. The second-order valence-corrected chi connectivity index (χ2v) is 14.3. The molecule has 11 heteroatoms. The highest BCUT2D eigenvalue weighted by molar-refractivity contribution is 7.90. The van der Waals surface area contributed by atoms with Gasteiger partial charge in [-0.25, -0.2) is 12.4 Å². The number of nitriles is 1. The highest BCUT2D eigenvalue weighted by Crippen LogP contribution is 2.38. The first-order chi connectivity index (χ1) is 23.1. The van der Waals surface area contributed by atoms with Crippen molar-refractivity contribution < 1.29 is 17.9 Å². The van der Waals surface area contributed by atoms with Crippen LogP contribution in [0.3, 0.4) is 0 Å². The fraction of sp³-hybridized carbons (Fsp3) is 0.189. The molecule has 244 valence electrons. The second-order valence-electron chi connectivity index (χ2n) is 11.6. The zero-order chi connectivity index (χ0) is 33.7. The fourth-order valence-electron chi connectivity index (χ4n) is 6.04. The molecule has 1 N–H and O–H groups in total. The number of likely N-dealkylation sites (tertiary alicyclic amines) is 1. The molecule has 0 bridgehead atoms. The van der Waals surface area contributed by atoms with Gasteiger partial charge in [0.15, 0.2) is 0 Å². The van der Waals surface area contributed by atoms with Crippen molar-refractivity contribution in [1.82, 2.24) is 8.87 Å². The molecule has 0 saturated carbocycles. The molecule has 48 heavy (non-hydrogen) atoms. The van der Waals surface area contributed by atoms with Crippen LogP contribution in [0.4, 0.5) is 5.69 Å². The average Bonchev–Trinajstić information content (AvgIpc) is 3.57. The molecule has 0 spiro atoms. The molecule has 6 rings (SSSR count). The Morgan fingerprint density at radius 1 is 0.854 bits per heavy atom. The molecule has 1 aromatic heterocycles. The van der Waals surface area contributed by atoms with Crippen LogP contribution in [-0.2, 0) is 31.7 Å². The van der Waals surface area contributed by atoms with E-state index in [1.54, 1.807) is 66.9 Å². The molecule has 1 aliphatic rings. The summed E-state index contributed by atoms with van der Waals surface area (Å²) in [5.41, 5.74) is 3.76. The Morgan fingerprint density at radius 3 is 2.25 bits per heavy atom. The van der Waals surface area contributed by atoms with Gasteiger partial charge in [-0.2, -0.15) is 5.26 Å². The zero-order valence-corrected chi connectivity index (χ0v) is 28.2. The summed E-state index contributed by atoms with van der Waals surface area (Å²) in [5, 5.41) is 13.0. The number of anilines is 1. The van der Waals surface area contributed by atoms with E-state index in [1.807, 2.05) is 48.5 Å². The second kappa shape index (κ2) is 14.4. The van der Waals surface area contributed by atoms with Crippen LogP contribution >= 0.6 is 23.2 Å². The lowest BCUT2D eigenvalue weighted by Gasteiger charge is -2.42. The number of nitrogens with zero attached hydrogens (tertiary/aromatic N) is 3. The highest BCUT2D eigenvalue weighted by Gasteiger charge is 2.38. The maximum Gasteiger partial charge on any atom is 0.267 e. The summed E-state index contributed by atoms with van der Waals surface area (Å²) < 4.78 is 34.6. The van der Waals surface area contributed by atoms with Crippen LogP contribution in [-0.4, -0.2) is 42.9 Å². The third-order valence-corrected chi connectivity index (χ3v) is 10.7. The number of nitrogens with one attached hydrogen (secondary N) is 1. The van der Waals surface area contributed by atoms with Crippen molar-refractivity contribution in [3.05, 3.63) is 142 Å². The summed E-state index contributed by atoms with van der Waals surface area (Å²) in [7, 11) is -3.74. The predicted octanol–water partition coefficient (Wildman–Crippen LogP) is 7.72. The Bertz CT molecular complexity index is 2050. The van der Waals surface area contributed by atoms with Crippen molar-refractivity contribution >= 4 is 44.8 Å². The molecular formula is C37H32Cl2N4O4S. The van der Waals surface area contributed by atoms with E-state index in [0.29, 0.717) is 59.5 Å². The minimum atomic E-state index is -3.74.